The quantitative estimate of drug-likeness (QED) is 0.582. The molecule has 0 saturated carbocycles. The lowest BCUT2D eigenvalue weighted by Gasteiger charge is -2.17. The van der Waals surface area contributed by atoms with Gasteiger partial charge in [0.15, 0.2) is 11.5 Å². The number of methoxy groups -OCH3 is 1. The standard InChI is InChI=1S/C20H26BrNO4/c1-6-7-10-25-16-9-8-15(11-17(16)24-5)12(2)22-20(23)18-13(3)26-14(4)19(18)21/h8-9,11-12H,6-7,10H2,1-5H3,(H,22,23). The van der Waals surface area contributed by atoms with Crippen LogP contribution in [0.3, 0.4) is 0 Å². The number of hydrogen-bond donors (Lipinski definition) is 1. The molecule has 142 valence electrons. The molecule has 1 aromatic carbocycles. The zero-order valence-corrected chi connectivity index (χ0v) is 17.5. The predicted octanol–water partition coefficient (Wildman–Crippen LogP) is 5.34. The molecular formula is C20H26BrNO4. The van der Waals surface area contributed by atoms with Crippen molar-refractivity contribution in [3.8, 4) is 11.5 Å². The van der Waals surface area contributed by atoms with Crippen LogP contribution in [-0.2, 0) is 0 Å². The number of amides is 1. The van der Waals surface area contributed by atoms with Crippen LogP contribution in [0.25, 0.3) is 0 Å². The first kappa shape index (κ1) is 20.4. The summed E-state index contributed by atoms with van der Waals surface area (Å²) in [5, 5.41) is 3.01. The molecule has 6 heteroatoms. The molecular weight excluding hydrogens is 398 g/mol. The fourth-order valence-electron chi connectivity index (χ4n) is 2.67. The molecule has 0 aliphatic heterocycles. The van der Waals surface area contributed by atoms with E-state index >= 15 is 0 Å². The first-order valence-electron chi connectivity index (χ1n) is 8.76. The second-order valence-electron chi connectivity index (χ2n) is 6.21. The molecule has 0 bridgehead atoms. The molecule has 0 aliphatic carbocycles. The number of ether oxygens (including phenoxy) is 2. The molecule has 26 heavy (non-hydrogen) atoms. The van der Waals surface area contributed by atoms with Crippen LogP contribution in [0.4, 0.5) is 0 Å². The summed E-state index contributed by atoms with van der Waals surface area (Å²) in [4.78, 5) is 12.6. The number of benzene rings is 1. The number of aryl methyl sites for hydroxylation is 2. The number of carbonyl (C=O) groups excluding carboxylic acids is 1. The van der Waals surface area contributed by atoms with Gasteiger partial charge in [-0.2, -0.15) is 0 Å². The van der Waals surface area contributed by atoms with Gasteiger partial charge in [-0.15, -0.1) is 0 Å². The van der Waals surface area contributed by atoms with E-state index in [0.717, 1.165) is 18.4 Å². The lowest BCUT2D eigenvalue weighted by molar-refractivity contribution is 0.0937. The molecule has 5 nitrogen and oxygen atoms in total. The Labute approximate surface area is 163 Å². The Morgan fingerprint density at radius 3 is 2.58 bits per heavy atom. The van der Waals surface area contributed by atoms with E-state index in [0.29, 0.717) is 39.7 Å². The lowest BCUT2D eigenvalue weighted by atomic mass is 10.1. The number of carbonyl (C=O) groups is 1. The van der Waals surface area contributed by atoms with Gasteiger partial charge < -0.3 is 19.2 Å². The van der Waals surface area contributed by atoms with Gasteiger partial charge in [0.1, 0.15) is 11.5 Å². The first-order chi connectivity index (χ1) is 12.4. The second-order valence-corrected chi connectivity index (χ2v) is 7.00. The fraction of sp³-hybridized carbons (Fsp3) is 0.450. The van der Waals surface area contributed by atoms with Gasteiger partial charge in [-0.1, -0.05) is 19.4 Å². The molecule has 1 aromatic heterocycles. The number of nitrogens with one attached hydrogen (secondary N) is 1. The van der Waals surface area contributed by atoms with Gasteiger partial charge in [0.25, 0.3) is 5.91 Å². The third kappa shape index (κ3) is 4.61. The highest BCUT2D eigenvalue weighted by Crippen LogP contribution is 2.31. The van der Waals surface area contributed by atoms with Gasteiger partial charge in [-0.25, -0.2) is 0 Å². The summed E-state index contributed by atoms with van der Waals surface area (Å²) in [7, 11) is 1.61. The molecule has 1 heterocycles. The van der Waals surface area contributed by atoms with E-state index in [-0.39, 0.29) is 11.9 Å². The Bertz CT molecular complexity index is 769. The zero-order chi connectivity index (χ0) is 19.3. The van der Waals surface area contributed by atoms with E-state index in [1.807, 2.05) is 32.0 Å². The van der Waals surface area contributed by atoms with E-state index in [9.17, 15) is 4.79 Å². The maximum absolute atomic E-state index is 12.6. The zero-order valence-electron chi connectivity index (χ0n) is 15.9. The van der Waals surface area contributed by atoms with Crippen molar-refractivity contribution in [3.05, 3.63) is 45.3 Å². The van der Waals surface area contributed by atoms with Crippen molar-refractivity contribution < 1.29 is 18.7 Å². The van der Waals surface area contributed by atoms with Crippen molar-refractivity contribution in [2.45, 2.75) is 46.6 Å². The van der Waals surface area contributed by atoms with Gasteiger partial charge >= 0.3 is 0 Å². The van der Waals surface area contributed by atoms with Crippen LogP contribution in [0.15, 0.2) is 27.1 Å². The fourth-order valence-corrected chi connectivity index (χ4v) is 3.21. The van der Waals surface area contributed by atoms with Crippen molar-refractivity contribution in [3.63, 3.8) is 0 Å². The summed E-state index contributed by atoms with van der Waals surface area (Å²) in [6.07, 6.45) is 2.07. The molecule has 1 atom stereocenters. The van der Waals surface area contributed by atoms with Crippen molar-refractivity contribution in [1.29, 1.82) is 0 Å². The van der Waals surface area contributed by atoms with Crippen LogP contribution in [0.5, 0.6) is 11.5 Å². The highest BCUT2D eigenvalue weighted by Gasteiger charge is 2.22. The SMILES string of the molecule is CCCCOc1ccc(C(C)NC(=O)c2c(C)oc(C)c2Br)cc1OC. The minimum absolute atomic E-state index is 0.180. The normalized spacial score (nSPS) is 11.9. The maximum Gasteiger partial charge on any atom is 0.256 e. The number of rotatable bonds is 8. The van der Waals surface area contributed by atoms with E-state index in [2.05, 4.69) is 28.2 Å². The minimum atomic E-state index is -0.192. The van der Waals surface area contributed by atoms with Gasteiger partial charge in [-0.3, -0.25) is 4.79 Å². The van der Waals surface area contributed by atoms with Crippen LogP contribution in [0.1, 0.15) is 60.2 Å². The molecule has 0 spiro atoms. The number of unbranched alkanes of at least 4 members (excludes halogenated alkanes) is 1. The number of furan rings is 1. The van der Waals surface area contributed by atoms with Crippen LogP contribution >= 0.6 is 15.9 Å². The summed E-state index contributed by atoms with van der Waals surface area (Å²) < 4.78 is 17.4. The van der Waals surface area contributed by atoms with E-state index in [1.54, 1.807) is 14.0 Å². The molecule has 2 aromatic rings. The third-order valence-corrected chi connectivity index (χ3v) is 5.16. The third-order valence-electron chi connectivity index (χ3n) is 4.20. The summed E-state index contributed by atoms with van der Waals surface area (Å²) in [6, 6.07) is 5.53. The van der Waals surface area contributed by atoms with Crippen molar-refractivity contribution in [1.82, 2.24) is 5.32 Å². The molecule has 1 amide bonds. The average Bonchev–Trinajstić information content (AvgIpc) is 2.87. The van der Waals surface area contributed by atoms with Crippen LogP contribution in [-0.4, -0.2) is 19.6 Å². The Kier molecular flexibility index (Phi) is 7.14. The Hall–Kier alpha value is -1.95. The van der Waals surface area contributed by atoms with Crippen molar-refractivity contribution in [2.75, 3.05) is 13.7 Å². The molecule has 0 saturated heterocycles. The first-order valence-corrected chi connectivity index (χ1v) is 9.55. The topological polar surface area (TPSA) is 60.7 Å². The van der Waals surface area contributed by atoms with Crippen LogP contribution in [0, 0.1) is 13.8 Å². The summed E-state index contributed by atoms with van der Waals surface area (Å²) >= 11 is 3.42. The van der Waals surface area contributed by atoms with Gasteiger partial charge in [-0.05, 0) is 60.8 Å². The highest BCUT2D eigenvalue weighted by atomic mass is 79.9. The van der Waals surface area contributed by atoms with E-state index < -0.39 is 0 Å². The number of halogens is 1. The molecule has 1 unspecified atom stereocenters. The monoisotopic (exact) mass is 423 g/mol. The van der Waals surface area contributed by atoms with Crippen LogP contribution < -0.4 is 14.8 Å². The minimum Gasteiger partial charge on any atom is -0.493 e. The predicted molar refractivity (Wildman–Crippen MR) is 105 cm³/mol. The molecule has 0 fully saturated rings. The summed E-state index contributed by atoms with van der Waals surface area (Å²) in [6.45, 7) is 8.31. The summed E-state index contributed by atoms with van der Waals surface area (Å²) in [5.74, 6) is 2.48. The van der Waals surface area contributed by atoms with Crippen molar-refractivity contribution >= 4 is 21.8 Å². The van der Waals surface area contributed by atoms with Gasteiger partial charge in [0.2, 0.25) is 0 Å². The van der Waals surface area contributed by atoms with Crippen molar-refractivity contribution in [2.24, 2.45) is 0 Å². The largest absolute Gasteiger partial charge is 0.493 e. The Morgan fingerprint density at radius 2 is 2.00 bits per heavy atom. The van der Waals surface area contributed by atoms with Crippen LogP contribution in [0.2, 0.25) is 0 Å². The Balaban J connectivity index is 2.13. The molecule has 0 aliphatic rings. The van der Waals surface area contributed by atoms with E-state index in [1.165, 1.54) is 0 Å². The maximum atomic E-state index is 12.6. The average molecular weight is 424 g/mol. The molecule has 0 radical (unpaired) electrons. The molecule has 2 rings (SSSR count). The number of hydrogen-bond acceptors (Lipinski definition) is 4. The second kappa shape index (κ2) is 9.12. The van der Waals surface area contributed by atoms with Gasteiger partial charge in [0, 0.05) is 0 Å². The highest BCUT2D eigenvalue weighted by molar-refractivity contribution is 9.10. The van der Waals surface area contributed by atoms with E-state index in [4.69, 9.17) is 13.9 Å². The smallest absolute Gasteiger partial charge is 0.256 e. The Morgan fingerprint density at radius 1 is 1.27 bits per heavy atom. The van der Waals surface area contributed by atoms with Gasteiger partial charge in [0.05, 0.1) is 29.8 Å². The summed E-state index contributed by atoms with van der Waals surface area (Å²) in [5.41, 5.74) is 1.47. The molecule has 1 N–H and O–H groups in total. The lowest BCUT2D eigenvalue weighted by Crippen LogP contribution is -2.27.